The van der Waals surface area contributed by atoms with E-state index in [0.717, 1.165) is 12.8 Å². The zero-order valence-electron chi connectivity index (χ0n) is 15.0. The number of aromatic nitrogens is 2. The molecule has 1 aromatic carbocycles. The number of ether oxygens (including phenoxy) is 1. The zero-order valence-corrected chi connectivity index (χ0v) is 15.0. The molecule has 144 valence electrons. The summed E-state index contributed by atoms with van der Waals surface area (Å²) in [6, 6.07) is 3.96. The van der Waals surface area contributed by atoms with Gasteiger partial charge in [-0.3, -0.25) is 4.79 Å². The van der Waals surface area contributed by atoms with Crippen molar-refractivity contribution in [3.05, 3.63) is 36.0 Å². The summed E-state index contributed by atoms with van der Waals surface area (Å²) in [5.74, 6) is -1.33. The lowest BCUT2D eigenvalue weighted by atomic mass is 10.1. The number of aliphatic carboxylic acids is 1. The molecule has 1 fully saturated rings. The number of carboxylic acid groups (broad SMARTS) is 1. The minimum Gasteiger partial charge on any atom is -0.481 e. The molecule has 1 saturated carbocycles. The van der Waals surface area contributed by atoms with Crippen LogP contribution in [0.25, 0.3) is 11.4 Å². The number of halogens is 2. The van der Waals surface area contributed by atoms with E-state index in [1.165, 1.54) is 30.3 Å². The summed E-state index contributed by atoms with van der Waals surface area (Å²) in [6.45, 7) is 0.805. The predicted molar refractivity (Wildman–Crippen MR) is 95.7 cm³/mol. The maximum Gasteiger partial charge on any atom is 0.303 e. The second-order valence-electron chi connectivity index (χ2n) is 6.68. The van der Waals surface area contributed by atoms with E-state index in [2.05, 4.69) is 9.97 Å². The Bertz CT molecular complexity index is 805. The lowest BCUT2D eigenvalue weighted by Crippen LogP contribution is -2.22. The highest BCUT2D eigenvalue weighted by Gasteiger charge is 2.22. The van der Waals surface area contributed by atoms with Crippen LogP contribution in [0.15, 0.2) is 24.4 Å². The van der Waals surface area contributed by atoms with Crippen molar-refractivity contribution in [3.63, 3.8) is 0 Å². The van der Waals surface area contributed by atoms with E-state index in [1.807, 2.05) is 0 Å². The van der Waals surface area contributed by atoms with E-state index in [-0.39, 0.29) is 36.5 Å². The summed E-state index contributed by atoms with van der Waals surface area (Å²) in [4.78, 5) is 20.2. The fourth-order valence-electron chi connectivity index (χ4n) is 2.69. The fourth-order valence-corrected chi connectivity index (χ4v) is 2.69. The molecular weight excluding hydrogens is 356 g/mol. The van der Waals surface area contributed by atoms with Gasteiger partial charge in [-0.1, -0.05) is 0 Å². The van der Waals surface area contributed by atoms with Crippen molar-refractivity contribution in [2.45, 2.75) is 25.7 Å². The number of benzene rings is 1. The number of nitrogens with zero attached hydrogens (tertiary/aromatic N) is 3. The van der Waals surface area contributed by atoms with Crippen molar-refractivity contribution in [3.8, 4) is 17.3 Å². The molecular formula is C19H21F2N3O3. The topological polar surface area (TPSA) is 75.6 Å². The van der Waals surface area contributed by atoms with Gasteiger partial charge in [0.2, 0.25) is 5.88 Å². The monoisotopic (exact) mass is 377 g/mol. The number of anilines is 1. The van der Waals surface area contributed by atoms with Gasteiger partial charge in [-0.25, -0.2) is 13.8 Å². The average Bonchev–Trinajstić information content (AvgIpc) is 3.43. The molecule has 0 spiro atoms. The molecule has 0 aliphatic heterocycles. The number of hydrogen-bond donors (Lipinski definition) is 1. The standard InChI is InChI=1S/C19H21F2N3O3/c1-24(8-2-3-17(25)26)18-14(20)9-13(10-15(18)21)19-22-7-6-16(23-19)27-11-12-4-5-12/h6-7,9-10,12H,2-5,8,11H2,1H3,(H,25,26). The molecule has 8 heteroatoms. The Hall–Kier alpha value is -2.77. The SMILES string of the molecule is CN(CCCC(=O)O)c1c(F)cc(-c2nccc(OCC3CC3)n2)cc1F. The molecule has 1 aliphatic rings. The Labute approximate surface area is 155 Å². The van der Waals surface area contributed by atoms with Crippen molar-refractivity contribution < 1.29 is 23.4 Å². The quantitative estimate of drug-likeness (QED) is 0.721. The summed E-state index contributed by atoms with van der Waals surface area (Å²) in [7, 11) is 1.52. The van der Waals surface area contributed by atoms with Crippen LogP contribution in [0.2, 0.25) is 0 Å². The summed E-state index contributed by atoms with van der Waals surface area (Å²) < 4.78 is 34.6. The van der Waals surface area contributed by atoms with Crippen molar-refractivity contribution >= 4 is 11.7 Å². The highest BCUT2D eigenvalue weighted by molar-refractivity contribution is 5.67. The molecule has 1 N–H and O–H groups in total. The summed E-state index contributed by atoms with van der Waals surface area (Å²) in [5, 5.41) is 8.67. The third-order valence-electron chi connectivity index (χ3n) is 4.33. The highest BCUT2D eigenvalue weighted by Crippen LogP contribution is 2.30. The average molecular weight is 377 g/mol. The second kappa shape index (κ2) is 8.28. The van der Waals surface area contributed by atoms with Crippen LogP contribution < -0.4 is 9.64 Å². The lowest BCUT2D eigenvalue weighted by molar-refractivity contribution is -0.137. The van der Waals surface area contributed by atoms with Crippen molar-refractivity contribution in [2.24, 2.45) is 5.92 Å². The predicted octanol–water partition coefficient (Wildman–Crippen LogP) is 3.51. The third kappa shape index (κ3) is 5.12. The van der Waals surface area contributed by atoms with E-state index in [0.29, 0.717) is 18.4 Å². The van der Waals surface area contributed by atoms with Gasteiger partial charge in [0.15, 0.2) is 5.82 Å². The normalized spacial score (nSPS) is 13.4. The largest absolute Gasteiger partial charge is 0.481 e. The Kier molecular flexibility index (Phi) is 5.83. The van der Waals surface area contributed by atoms with Gasteiger partial charge in [0, 0.05) is 37.8 Å². The Morgan fingerprint density at radius 3 is 2.67 bits per heavy atom. The van der Waals surface area contributed by atoms with Gasteiger partial charge in [0.1, 0.15) is 17.3 Å². The minimum absolute atomic E-state index is 0.0624. The zero-order chi connectivity index (χ0) is 19.4. The molecule has 6 nitrogen and oxygen atoms in total. The first-order chi connectivity index (χ1) is 12.9. The van der Waals surface area contributed by atoms with Crippen molar-refractivity contribution in [1.29, 1.82) is 0 Å². The van der Waals surface area contributed by atoms with Gasteiger partial charge in [-0.05, 0) is 37.3 Å². The van der Waals surface area contributed by atoms with Crippen LogP contribution in [0.1, 0.15) is 25.7 Å². The summed E-state index contributed by atoms with van der Waals surface area (Å²) >= 11 is 0. The molecule has 27 heavy (non-hydrogen) atoms. The van der Waals surface area contributed by atoms with Crippen LogP contribution in [0.5, 0.6) is 5.88 Å². The summed E-state index contributed by atoms with van der Waals surface area (Å²) in [6.07, 6.45) is 4.01. The van der Waals surface area contributed by atoms with Gasteiger partial charge in [0.25, 0.3) is 0 Å². The van der Waals surface area contributed by atoms with Crippen LogP contribution in [0, 0.1) is 17.6 Å². The Morgan fingerprint density at radius 2 is 2.04 bits per heavy atom. The Balaban J connectivity index is 1.75. The maximum absolute atomic E-state index is 14.5. The molecule has 0 unspecified atom stereocenters. The number of hydrogen-bond acceptors (Lipinski definition) is 5. The fraction of sp³-hybridized carbons (Fsp3) is 0.421. The van der Waals surface area contributed by atoms with Gasteiger partial charge in [-0.15, -0.1) is 0 Å². The van der Waals surface area contributed by atoms with E-state index in [4.69, 9.17) is 9.84 Å². The minimum atomic E-state index is -0.944. The second-order valence-corrected chi connectivity index (χ2v) is 6.68. The Morgan fingerprint density at radius 1 is 1.33 bits per heavy atom. The molecule has 2 aromatic rings. The van der Waals surface area contributed by atoms with E-state index < -0.39 is 17.6 Å². The highest BCUT2D eigenvalue weighted by atomic mass is 19.1. The molecule has 1 aromatic heterocycles. The number of carboxylic acids is 1. The molecule has 1 heterocycles. The van der Waals surface area contributed by atoms with E-state index in [9.17, 15) is 13.6 Å². The molecule has 3 rings (SSSR count). The smallest absolute Gasteiger partial charge is 0.303 e. The van der Waals surface area contributed by atoms with Gasteiger partial charge in [0.05, 0.1) is 6.61 Å². The maximum atomic E-state index is 14.5. The van der Waals surface area contributed by atoms with Gasteiger partial charge < -0.3 is 14.7 Å². The molecule has 0 saturated heterocycles. The van der Waals surface area contributed by atoms with E-state index in [1.54, 1.807) is 6.07 Å². The summed E-state index contributed by atoms with van der Waals surface area (Å²) in [5.41, 5.74) is 0.00911. The molecule has 0 bridgehead atoms. The molecule has 0 radical (unpaired) electrons. The van der Waals surface area contributed by atoms with Crippen LogP contribution in [0.3, 0.4) is 0 Å². The van der Waals surface area contributed by atoms with Crippen LogP contribution in [-0.2, 0) is 4.79 Å². The lowest BCUT2D eigenvalue weighted by Gasteiger charge is -2.20. The molecule has 0 amide bonds. The van der Waals surface area contributed by atoms with Gasteiger partial charge in [-0.2, -0.15) is 4.98 Å². The number of rotatable bonds is 9. The van der Waals surface area contributed by atoms with Gasteiger partial charge >= 0.3 is 5.97 Å². The first-order valence-corrected chi connectivity index (χ1v) is 8.82. The van der Waals surface area contributed by atoms with Crippen LogP contribution in [-0.4, -0.2) is 41.2 Å². The van der Waals surface area contributed by atoms with Crippen molar-refractivity contribution in [1.82, 2.24) is 9.97 Å². The van der Waals surface area contributed by atoms with Crippen LogP contribution >= 0.6 is 0 Å². The van der Waals surface area contributed by atoms with Crippen molar-refractivity contribution in [2.75, 3.05) is 25.1 Å². The molecule has 0 atom stereocenters. The number of carbonyl (C=O) groups is 1. The van der Waals surface area contributed by atoms with Crippen LogP contribution in [0.4, 0.5) is 14.5 Å². The molecule has 1 aliphatic carbocycles. The van der Waals surface area contributed by atoms with E-state index >= 15 is 0 Å². The first-order valence-electron chi connectivity index (χ1n) is 8.82. The third-order valence-corrected chi connectivity index (χ3v) is 4.33. The first kappa shape index (κ1) is 19.0.